The summed E-state index contributed by atoms with van der Waals surface area (Å²) < 4.78 is 33.3. The second-order valence-electron chi connectivity index (χ2n) is 6.95. The first-order valence-corrected chi connectivity index (χ1v) is 9.65. The number of carbonyl (C=O) groups excluding carboxylic acids is 2. The molecule has 0 saturated carbocycles. The van der Waals surface area contributed by atoms with Crippen molar-refractivity contribution in [3.05, 3.63) is 87.4 Å². The highest BCUT2D eigenvalue weighted by atomic mass is 35.5. The highest BCUT2D eigenvalue weighted by Gasteiger charge is 2.19. The molecular weight excluding hydrogens is 426 g/mol. The van der Waals surface area contributed by atoms with E-state index < -0.39 is 29.1 Å². The molecule has 8 heteroatoms. The molecule has 0 aromatic heterocycles. The molecule has 0 radical (unpaired) electrons. The lowest BCUT2D eigenvalue weighted by molar-refractivity contribution is 0.0959. The van der Waals surface area contributed by atoms with Gasteiger partial charge in [0, 0.05) is 10.7 Å². The molecule has 0 aliphatic heterocycles. The molecule has 3 rings (SSSR count). The van der Waals surface area contributed by atoms with Gasteiger partial charge >= 0.3 is 6.03 Å². The molecule has 160 valence electrons. The number of rotatable bonds is 4. The van der Waals surface area contributed by atoms with Crippen LogP contribution in [0.4, 0.5) is 19.3 Å². The first-order valence-electron chi connectivity index (χ1n) is 9.27. The molecule has 0 aliphatic carbocycles. The minimum atomic E-state index is -1.18. The highest BCUT2D eigenvalue weighted by molar-refractivity contribution is 6.31. The molecule has 0 spiro atoms. The van der Waals surface area contributed by atoms with Crippen molar-refractivity contribution in [2.45, 2.75) is 20.8 Å². The average Bonchev–Trinajstić information content (AvgIpc) is 2.67. The van der Waals surface area contributed by atoms with E-state index in [1.54, 1.807) is 25.1 Å². The lowest BCUT2D eigenvalue weighted by Gasteiger charge is -2.14. The van der Waals surface area contributed by atoms with Crippen molar-refractivity contribution in [1.82, 2.24) is 5.32 Å². The van der Waals surface area contributed by atoms with Gasteiger partial charge in [0.15, 0.2) is 0 Å². The van der Waals surface area contributed by atoms with Gasteiger partial charge in [-0.2, -0.15) is 0 Å². The topological polar surface area (TPSA) is 67.4 Å². The number of ether oxygens (including phenoxy) is 1. The maximum atomic E-state index is 13.7. The Bertz CT molecular complexity index is 1160. The molecule has 31 heavy (non-hydrogen) atoms. The van der Waals surface area contributed by atoms with Gasteiger partial charge in [-0.3, -0.25) is 10.1 Å². The van der Waals surface area contributed by atoms with Crippen molar-refractivity contribution in [3.63, 3.8) is 0 Å². The molecule has 0 atom stereocenters. The standard InChI is InChI=1S/C23H19ClF2N2O3/c1-12-11-20(14(3)10-16(12)24)31-19-8-7-15(9-13(19)2)27-23(30)28-22(29)21-17(25)5-4-6-18(21)26/h4-11H,1-3H3,(H2,27,28,29,30). The van der Waals surface area contributed by atoms with Crippen molar-refractivity contribution in [1.29, 1.82) is 0 Å². The van der Waals surface area contributed by atoms with Crippen LogP contribution in [0.2, 0.25) is 5.02 Å². The third kappa shape index (κ3) is 5.19. The van der Waals surface area contributed by atoms with Gasteiger partial charge in [-0.25, -0.2) is 13.6 Å². The third-order valence-corrected chi connectivity index (χ3v) is 4.93. The number of carbonyl (C=O) groups is 2. The molecule has 0 bridgehead atoms. The molecule has 0 saturated heterocycles. The SMILES string of the molecule is Cc1cc(Oc2ccc(NC(=O)NC(=O)c3c(F)cccc3F)cc2C)c(C)cc1Cl. The van der Waals surface area contributed by atoms with Crippen molar-refractivity contribution in [2.75, 3.05) is 5.32 Å². The Kier molecular flexibility index (Phi) is 6.56. The lowest BCUT2D eigenvalue weighted by atomic mass is 10.1. The van der Waals surface area contributed by atoms with Crippen LogP contribution >= 0.6 is 11.6 Å². The summed E-state index contributed by atoms with van der Waals surface area (Å²) in [6.07, 6.45) is 0. The second kappa shape index (κ2) is 9.14. The van der Waals surface area contributed by atoms with Gasteiger partial charge in [-0.15, -0.1) is 0 Å². The number of aryl methyl sites for hydroxylation is 3. The molecule has 0 fully saturated rings. The second-order valence-corrected chi connectivity index (χ2v) is 7.36. The zero-order chi connectivity index (χ0) is 22.7. The predicted octanol–water partition coefficient (Wildman–Crippen LogP) is 6.30. The fourth-order valence-corrected chi connectivity index (χ4v) is 3.09. The number of urea groups is 1. The first kappa shape index (κ1) is 22.2. The molecule has 0 unspecified atom stereocenters. The Hall–Kier alpha value is -3.45. The van der Waals surface area contributed by atoms with E-state index in [2.05, 4.69) is 5.32 Å². The summed E-state index contributed by atoms with van der Waals surface area (Å²) >= 11 is 6.11. The quantitative estimate of drug-likeness (QED) is 0.496. The van der Waals surface area contributed by atoms with Gasteiger partial charge in [0.25, 0.3) is 5.91 Å². The van der Waals surface area contributed by atoms with Gasteiger partial charge in [0.1, 0.15) is 28.7 Å². The van der Waals surface area contributed by atoms with E-state index in [9.17, 15) is 18.4 Å². The lowest BCUT2D eigenvalue weighted by Crippen LogP contribution is -2.35. The van der Waals surface area contributed by atoms with Crippen molar-refractivity contribution < 1.29 is 23.1 Å². The van der Waals surface area contributed by atoms with Crippen LogP contribution in [0, 0.1) is 32.4 Å². The number of anilines is 1. The Balaban J connectivity index is 1.69. The summed E-state index contributed by atoms with van der Waals surface area (Å²) in [5.74, 6) is -2.08. The van der Waals surface area contributed by atoms with Crippen LogP contribution in [0.3, 0.4) is 0 Å². The monoisotopic (exact) mass is 444 g/mol. The van der Waals surface area contributed by atoms with Crippen LogP contribution < -0.4 is 15.4 Å². The summed E-state index contributed by atoms with van der Waals surface area (Å²) in [6.45, 7) is 5.55. The van der Waals surface area contributed by atoms with Crippen LogP contribution in [0.25, 0.3) is 0 Å². The molecule has 2 N–H and O–H groups in total. The van der Waals surface area contributed by atoms with Crippen molar-refractivity contribution >= 4 is 29.2 Å². The maximum Gasteiger partial charge on any atom is 0.326 e. The highest BCUT2D eigenvalue weighted by Crippen LogP contribution is 2.32. The van der Waals surface area contributed by atoms with Crippen molar-refractivity contribution in [2.24, 2.45) is 0 Å². The summed E-state index contributed by atoms with van der Waals surface area (Å²) in [5, 5.41) is 5.01. The molecule has 3 aromatic carbocycles. The van der Waals surface area contributed by atoms with E-state index in [-0.39, 0.29) is 0 Å². The molecule has 5 nitrogen and oxygen atoms in total. The Morgan fingerprint density at radius 3 is 2.16 bits per heavy atom. The van der Waals surface area contributed by atoms with Crippen molar-refractivity contribution in [3.8, 4) is 11.5 Å². The Morgan fingerprint density at radius 1 is 0.871 bits per heavy atom. The number of halogens is 3. The number of hydrogen-bond donors (Lipinski definition) is 2. The minimum absolute atomic E-state index is 0.369. The predicted molar refractivity (Wildman–Crippen MR) is 115 cm³/mol. The van der Waals surface area contributed by atoms with E-state index in [1.165, 1.54) is 0 Å². The fourth-order valence-electron chi connectivity index (χ4n) is 2.87. The summed E-state index contributed by atoms with van der Waals surface area (Å²) in [4.78, 5) is 24.1. The van der Waals surface area contributed by atoms with Gasteiger partial charge in [-0.05, 0) is 79.9 Å². The number of hydrogen-bond acceptors (Lipinski definition) is 3. The van der Waals surface area contributed by atoms with E-state index in [0.717, 1.165) is 34.9 Å². The Labute approximate surface area is 183 Å². The molecule has 3 aromatic rings. The normalized spacial score (nSPS) is 10.5. The number of nitrogens with one attached hydrogen (secondary N) is 2. The molecular formula is C23H19ClF2N2O3. The molecule has 0 aliphatic rings. The largest absolute Gasteiger partial charge is 0.457 e. The van der Waals surface area contributed by atoms with Crippen LogP contribution in [0.5, 0.6) is 11.5 Å². The number of benzene rings is 3. The average molecular weight is 445 g/mol. The van der Waals surface area contributed by atoms with Crippen LogP contribution in [-0.4, -0.2) is 11.9 Å². The summed E-state index contributed by atoms with van der Waals surface area (Å²) in [5.41, 5.74) is 2.01. The van der Waals surface area contributed by atoms with E-state index >= 15 is 0 Å². The first-order chi connectivity index (χ1) is 14.7. The number of amides is 3. The fraction of sp³-hybridized carbons (Fsp3) is 0.130. The van der Waals surface area contributed by atoms with E-state index in [4.69, 9.17) is 16.3 Å². The van der Waals surface area contributed by atoms with Gasteiger partial charge in [0.05, 0.1) is 0 Å². The Morgan fingerprint density at radius 2 is 1.52 bits per heavy atom. The molecule has 0 heterocycles. The third-order valence-electron chi connectivity index (χ3n) is 4.53. The van der Waals surface area contributed by atoms with E-state index in [0.29, 0.717) is 22.2 Å². The number of imide groups is 1. The van der Waals surface area contributed by atoms with Gasteiger partial charge in [-0.1, -0.05) is 17.7 Å². The zero-order valence-corrected chi connectivity index (χ0v) is 17.7. The maximum absolute atomic E-state index is 13.7. The van der Waals surface area contributed by atoms with Gasteiger partial charge in [0.2, 0.25) is 0 Å². The van der Waals surface area contributed by atoms with Crippen LogP contribution in [0.15, 0.2) is 48.5 Å². The van der Waals surface area contributed by atoms with Crippen LogP contribution in [-0.2, 0) is 0 Å². The van der Waals surface area contributed by atoms with E-state index in [1.807, 2.05) is 31.3 Å². The summed E-state index contributed by atoms with van der Waals surface area (Å²) in [7, 11) is 0. The summed E-state index contributed by atoms with van der Waals surface area (Å²) in [6, 6.07) is 10.6. The minimum Gasteiger partial charge on any atom is -0.457 e. The van der Waals surface area contributed by atoms with Gasteiger partial charge < -0.3 is 10.1 Å². The van der Waals surface area contributed by atoms with Crippen LogP contribution in [0.1, 0.15) is 27.0 Å². The molecule has 3 amide bonds. The smallest absolute Gasteiger partial charge is 0.326 e. The zero-order valence-electron chi connectivity index (χ0n) is 17.0.